The van der Waals surface area contributed by atoms with E-state index in [4.69, 9.17) is 0 Å². The highest BCUT2D eigenvalue weighted by molar-refractivity contribution is 6.13. The number of imide groups is 1. The lowest BCUT2D eigenvalue weighted by Gasteiger charge is -2.15. The van der Waals surface area contributed by atoms with Crippen molar-refractivity contribution in [3.05, 3.63) is 71.8 Å². The van der Waals surface area contributed by atoms with E-state index in [-0.39, 0.29) is 24.8 Å². The molecule has 2 aromatic rings. The van der Waals surface area contributed by atoms with Crippen LogP contribution in [-0.2, 0) is 9.59 Å². The molecule has 0 spiro atoms. The van der Waals surface area contributed by atoms with Gasteiger partial charge < -0.3 is 5.32 Å². The monoisotopic (exact) mass is 392 g/mol. The summed E-state index contributed by atoms with van der Waals surface area (Å²) in [6.07, 6.45) is 0.514. The van der Waals surface area contributed by atoms with Crippen LogP contribution >= 0.6 is 0 Å². The lowest BCUT2D eigenvalue weighted by Crippen LogP contribution is -2.40. The van der Waals surface area contributed by atoms with Crippen molar-refractivity contribution < 1.29 is 14.4 Å². The summed E-state index contributed by atoms with van der Waals surface area (Å²) in [6, 6.07) is 18.8. The molecule has 0 bridgehead atoms. The first-order valence-electron chi connectivity index (χ1n) is 9.50. The highest BCUT2D eigenvalue weighted by Crippen LogP contribution is 2.17. The average molecular weight is 392 g/mol. The highest BCUT2D eigenvalue weighted by Gasteiger charge is 2.43. The Labute approximate surface area is 169 Å². The molecule has 0 saturated carbocycles. The fourth-order valence-electron chi connectivity index (χ4n) is 3.08. The normalized spacial score (nSPS) is 15.0. The van der Waals surface area contributed by atoms with Crippen molar-refractivity contribution in [1.29, 1.82) is 0 Å². The molecule has 0 aliphatic carbocycles. The third-order valence-electron chi connectivity index (χ3n) is 4.62. The van der Waals surface area contributed by atoms with E-state index in [1.54, 1.807) is 13.8 Å². The number of hydrogen-bond donors (Lipinski definition) is 2. The Balaban J connectivity index is 1.61. The van der Waals surface area contributed by atoms with Crippen LogP contribution in [0.15, 0.2) is 65.8 Å². The van der Waals surface area contributed by atoms with Gasteiger partial charge in [-0.15, -0.1) is 0 Å². The molecule has 150 valence electrons. The van der Waals surface area contributed by atoms with Crippen LogP contribution in [0.2, 0.25) is 0 Å². The number of hydrogen-bond acceptors (Lipinski definition) is 4. The van der Waals surface area contributed by atoms with Crippen LogP contribution in [0.4, 0.5) is 4.79 Å². The number of nitrogens with one attached hydrogen (secondary N) is 2. The van der Waals surface area contributed by atoms with Crippen molar-refractivity contribution in [3.8, 4) is 0 Å². The minimum Gasteiger partial charge on any atom is -0.324 e. The van der Waals surface area contributed by atoms with E-state index in [9.17, 15) is 14.4 Å². The molecular formula is C22H24N4O3. The summed E-state index contributed by atoms with van der Waals surface area (Å²) >= 11 is 0. The second-order valence-corrected chi connectivity index (χ2v) is 7.34. The van der Waals surface area contributed by atoms with Gasteiger partial charge in [0.1, 0.15) is 5.54 Å². The molecule has 0 radical (unpaired) electrons. The van der Waals surface area contributed by atoms with Crippen molar-refractivity contribution >= 4 is 23.6 Å². The number of carbonyl (C=O) groups is 3. The minimum atomic E-state index is -0.899. The van der Waals surface area contributed by atoms with Gasteiger partial charge in [-0.1, -0.05) is 60.7 Å². The van der Waals surface area contributed by atoms with Crippen LogP contribution in [-0.4, -0.2) is 40.5 Å². The van der Waals surface area contributed by atoms with Crippen LogP contribution in [0.25, 0.3) is 0 Å². The predicted molar refractivity (Wildman–Crippen MR) is 110 cm³/mol. The zero-order valence-corrected chi connectivity index (χ0v) is 16.5. The highest BCUT2D eigenvalue weighted by atomic mass is 16.2. The van der Waals surface area contributed by atoms with E-state index < -0.39 is 11.6 Å². The largest absolute Gasteiger partial charge is 0.325 e. The zero-order valence-electron chi connectivity index (χ0n) is 16.5. The zero-order chi connectivity index (χ0) is 20.9. The summed E-state index contributed by atoms with van der Waals surface area (Å²) < 4.78 is 0. The fraction of sp³-hybridized carbons (Fsp3) is 0.273. The van der Waals surface area contributed by atoms with Gasteiger partial charge in [-0.25, -0.2) is 10.2 Å². The van der Waals surface area contributed by atoms with Gasteiger partial charge >= 0.3 is 6.03 Å². The Bertz CT molecular complexity index is 882. The number of carbonyl (C=O) groups excluding carboxylic acids is 3. The van der Waals surface area contributed by atoms with E-state index >= 15 is 0 Å². The van der Waals surface area contributed by atoms with Gasteiger partial charge in [-0.05, 0) is 20.3 Å². The Morgan fingerprint density at radius 2 is 1.55 bits per heavy atom. The van der Waals surface area contributed by atoms with Crippen LogP contribution in [0.5, 0.6) is 0 Å². The van der Waals surface area contributed by atoms with Crippen molar-refractivity contribution in [3.63, 3.8) is 0 Å². The molecule has 29 heavy (non-hydrogen) atoms. The number of hydrazone groups is 1. The maximum atomic E-state index is 12.3. The molecule has 0 aromatic heterocycles. The van der Waals surface area contributed by atoms with Crippen molar-refractivity contribution in [2.75, 3.05) is 6.54 Å². The molecule has 7 heteroatoms. The van der Waals surface area contributed by atoms with Crippen LogP contribution < -0.4 is 10.7 Å². The molecule has 0 atom stereocenters. The standard InChI is InChI=1S/C22H24N4O3/c1-22(2)20(28)26(21(29)23-22)15-9-14-18(27)24-25-19(16-10-5-3-6-11-16)17-12-7-4-8-13-17/h3-8,10-13H,9,14-15H2,1-2H3,(H,23,29)(H,24,27). The van der Waals surface area contributed by atoms with Gasteiger partial charge in [0, 0.05) is 24.1 Å². The van der Waals surface area contributed by atoms with E-state index in [1.165, 1.54) is 0 Å². The van der Waals surface area contributed by atoms with E-state index in [1.807, 2.05) is 60.7 Å². The summed E-state index contributed by atoms with van der Waals surface area (Å²) in [6.45, 7) is 3.50. The average Bonchev–Trinajstić information content (AvgIpc) is 2.91. The number of rotatable bonds is 7. The molecule has 2 aromatic carbocycles. The van der Waals surface area contributed by atoms with Gasteiger partial charge in [0.2, 0.25) is 5.91 Å². The Morgan fingerprint density at radius 3 is 2.03 bits per heavy atom. The summed E-state index contributed by atoms with van der Waals surface area (Å²) in [5.74, 6) is -0.558. The number of amides is 4. The molecule has 1 aliphatic rings. The first-order valence-corrected chi connectivity index (χ1v) is 9.50. The Kier molecular flexibility index (Phi) is 6.07. The van der Waals surface area contributed by atoms with E-state index in [0.29, 0.717) is 12.1 Å². The van der Waals surface area contributed by atoms with E-state index in [0.717, 1.165) is 16.0 Å². The SMILES string of the molecule is CC1(C)NC(=O)N(CCCC(=O)NN=C(c2ccccc2)c2ccccc2)C1=O. The predicted octanol–water partition coefficient (Wildman–Crippen LogP) is 2.67. The fourth-order valence-corrected chi connectivity index (χ4v) is 3.08. The quantitative estimate of drug-likeness (QED) is 0.431. The topological polar surface area (TPSA) is 90.9 Å². The second-order valence-electron chi connectivity index (χ2n) is 7.34. The second kappa shape index (κ2) is 8.68. The summed E-state index contributed by atoms with van der Waals surface area (Å²) in [4.78, 5) is 37.4. The van der Waals surface area contributed by atoms with Crippen LogP contribution in [0.3, 0.4) is 0 Å². The van der Waals surface area contributed by atoms with Crippen LogP contribution in [0.1, 0.15) is 37.8 Å². The molecule has 1 aliphatic heterocycles. The Hall–Kier alpha value is -3.48. The molecule has 2 N–H and O–H groups in total. The lowest BCUT2D eigenvalue weighted by molar-refractivity contribution is -0.130. The number of urea groups is 1. The van der Waals surface area contributed by atoms with Gasteiger partial charge in [0.25, 0.3) is 5.91 Å². The summed E-state index contributed by atoms with van der Waals surface area (Å²) in [7, 11) is 0. The minimum absolute atomic E-state index is 0.151. The number of nitrogens with zero attached hydrogens (tertiary/aromatic N) is 2. The van der Waals surface area contributed by atoms with Gasteiger partial charge in [-0.3, -0.25) is 14.5 Å². The molecule has 1 saturated heterocycles. The first-order chi connectivity index (χ1) is 13.9. The molecule has 4 amide bonds. The van der Waals surface area contributed by atoms with Crippen molar-refractivity contribution in [2.24, 2.45) is 5.10 Å². The third kappa shape index (κ3) is 4.87. The molecule has 1 fully saturated rings. The van der Waals surface area contributed by atoms with Gasteiger partial charge in [0.05, 0.1) is 5.71 Å². The maximum absolute atomic E-state index is 12.3. The molecule has 3 rings (SSSR count). The van der Waals surface area contributed by atoms with Crippen LogP contribution in [0, 0.1) is 0 Å². The maximum Gasteiger partial charge on any atom is 0.325 e. The van der Waals surface area contributed by atoms with Crippen molar-refractivity contribution in [1.82, 2.24) is 15.6 Å². The molecule has 0 unspecified atom stereocenters. The molecular weight excluding hydrogens is 368 g/mol. The van der Waals surface area contributed by atoms with Crippen molar-refractivity contribution in [2.45, 2.75) is 32.2 Å². The number of benzene rings is 2. The Morgan fingerprint density at radius 1 is 1.00 bits per heavy atom. The molecule has 7 nitrogen and oxygen atoms in total. The first kappa shape index (κ1) is 20.3. The molecule has 1 heterocycles. The van der Waals surface area contributed by atoms with Gasteiger partial charge in [-0.2, -0.15) is 5.10 Å². The van der Waals surface area contributed by atoms with Gasteiger partial charge in [0.15, 0.2) is 0 Å². The smallest absolute Gasteiger partial charge is 0.324 e. The summed E-state index contributed by atoms with van der Waals surface area (Å²) in [5, 5.41) is 6.95. The lowest BCUT2D eigenvalue weighted by atomic mass is 10.0. The van der Waals surface area contributed by atoms with E-state index in [2.05, 4.69) is 15.8 Å². The third-order valence-corrected chi connectivity index (χ3v) is 4.62. The summed E-state index contributed by atoms with van der Waals surface area (Å²) in [5.41, 5.74) is 4.13.